The minimum atomic E-state index is 0.438. The van der Waals surface area contributed by atoms with Gasteiger partial charge in [0.1, 0.15) is 0 Å². The Balaban J connectivity index is 1.56. The Morgan fingerprint density at radius 2 is 2.24 bits per heavy atom. The summed E-state index contributed by atoms with van der Waals surface area (Å²) in [4.78, 5) is 4.03. The fraction of sp³-hybridized carbons (Fsp3) is 0.769. The van der Waals surface area contributed by atoms with E-state index in [4.69, 9.17) is 4.74 Å². The van der Waals surface area contributed by atoms with Crippen molar-refractivity contribution in [1.29, 1.82) is 0 Å². The zero-order valence-corrected chi connectivity index (χ0v) is 10.7. The molecule has 0 saturated carbocycles. The second-order valence-corrected chi connectivity index (χ2v) is 5.25. The zero-order chi connectivity index (χ0) is 12.0. The van der Waals surface area contributed by atoms with Gasteiger partial charge in [0.25, 0.3) is 0 Å². The molecule has 0 atom stereocenters. The Bertz CT molecular complexity index is 304. The van der Waals surface area contributed by atoms with Crippen molar-refractivity contribution in [3.63, 3.8) is 0 Å². The van der Waals surface area contributed by atoms with Gasteiger partial charge in [0.05, 0.1) is 6.33 Å². The second kappa shape index (κ2) is 6.17. The van der Waals surface area contributed by atoms with Crippen molar-refractivity contribution in [1.82, 2.24) is 14.9 Å². The summed E-state index contributed by atoms with van der Waals surface area (Å²) in [5, 5.41) is 3.57. The van der Waals surface area contributed by atoms with Crippen molar-refractivity contribution in [3.05, 3.63) is 18.7 Å². The highest BCUT2D eigenvalue weighted by Gasteiger charge is 2.26. The number of aromatic nitrogens is 2. The molecule has 0 amide bonds. The molecule has 17 heavy (non-hydrogen) atoms. The first-order chi connectivity index (χ1) is 8.29. The van der Waals surface area contributed by atoms with Crippen LogP contribution in [0.5, 0.6) is 0 Å². The number of nitrogens with one attached hydrogen (secondary N) is 1. The van der Waals surface area contributed by atoms with E-state index in [-0.39, 0.29) is 0 Å². The zero-order valence-electron chi connectivity index (χ0n) is 10.7. The third-order valence-corrected chi connectivity index (χ3v) is 3.58. The van der Waals surface area contributed by atoms with Gasteiger partial charge in [-0.15, -0.1) is 0 Å². The second-order valence-electron chi connectivity index (χ2n) is 5.25. The van der Waals surface area contributed by atoms with E-state index in [0.29, 0.717) is 5.41 Å². The van der Waals surface area contributed by atoms with Crippen LogP contribution in [0.2, 0.25) is 0 Å². The first-order valence-electron chi connectivity index (χ1n) is 6.53. The lowest BCUT2D eigenvalue weighted by molar-refractivity contribution is 0.0242. The molecule has 0 aromatic carbocycles. The molecule has 4 nitrogen and oxygen atoms in total. The number of hydrogen-bond acceptors (Lipinski definition) is 3. The fourth-order valence-corrected chi connectivity index (χ4v) is 2.24. The van der Waals surface area contributed by atoms with E-state index in [2.05, 4.69) is 21.8 Å². The van der Waals surface area contributed by atoms with Crippen LogP contribution in [-0.4, -0.2) is 35.9 Å². The summed E-state index contributed by atoms with van der Waals surface area (Å²) in [6, 6.07) is 0. The molecule has 1 aromatic heterocycles. The predicted molar refractivity (Wildman–Crippen MR) is 67.9 cm³/mol. The maximum atomic E-state index is 5.40. The van der Waals surface area contributed by atoms with Crippen molar-refractivity contribution in [2.24, 2.45) is 5.41 Å². The quantitative estimate of drug-likeness (QED) is 0.765. The van der Waals surface area contributed by atoms with E-state index in [1.165, 1.54) is 12.8 Å². The lowest BCUT2D eigenvalue weighted by atomic mass is 9.82. The summed E-state index contributed by atoms with van der Waals surface area (Å²) in [6.45, 7) is 7.45. The van der Waals surface area contributed by atoms with E-state index in [0.717, 1.165) is 39.3 Å². The summed E-state index contributed by atoms with van der Waals surface area (Å²) in [7, 11) is 0. The van der Waals surface area contributed by atoms with Crippen LogP contribution in [0.25, 0.3) is 0 Å². The van der Waals surface area contributed by atoms with Crippen LogP contribution in [0.4, 0.5) is 0 Å². The Labute approximate surface area is 103 Å². The van der Waals surface area contributed by atoms with Crippen LogP contribution in [0.15, 0.2) is 18.7 Å². The lowest BCUT2D eigenvalue weighted by Crippen LogP contribution is -2.37. The van der Waals surface area contributed by atoms with Crippen molar-refractivity contribution in [2.75, 3.05) is 26.3 Å². The minimum Gasteiger partial charge on any atom is -0.381 e. The maximum absolute atomic E-state index is 5.40. The normalized spacial score (nSPS) is 19.4. The van der Waals surface area contributed by atoms with Gasteiger partial charge in [0.2, 0.25) is 0 Å². The summed E-state index contributed by atoms with van der Waals surface area (Å²) in [5.74, 6) is 0. The highest BCUT2D eigenvalue weighted by Crippen LogP contribution is 2.28. The number of nitrogens with zero attached hydrogens (tertiary/aromatic N) is 2. The van der Waals surface area contributed by atoms with Crippen LogP contribution in [0, 0.1) is 5.41 Å². The molecule has 1 aromatic rings. The Morgan fingerprint density at radius 1 is 1.41 bits per heavy atom. The number of hydrogen-bond donors (Lipinski definition) is 1. The van der Waals surface area contributed by atoms with Gasteiger partial charge in [0.15, 0.2) is 0 Å². The van der Waals surface area contributed by atoms with Gasteiger partial charge >= 0.3 is 0 Å². The molecule has 1 N–H and O–H groups in total. The SMILES string of the molecule is CC1(CNCCCn2ccnc2)CCOCC1. The summed E-state index contributed by atoms with van der Waals surface area (Å²) in [6.07, 6.45) is 9.24. The van der Waals surface area contributed by atoms with E-state index >= 15 is 0 Å². The topological polar surface area (TPSA) is 39.1 Å². The highest BCUT2D eigenvalue weighted by atomic mass is 16.5. The molecule has 0 unspecified atom stereocenters. The molecular weight excluding hydrogens is 214 g/mol. The summed E-state index contributed by atoms with van der Waals surface area (Å²) in [5.41, 5.74) is 0.438. The number of ether oxygens (including phenoxy) is 1. The monoisotopic (exact) mass is 237 g/mol. The van der Waals surface area contributed by atoms with Crippen molar-refractivity contribution >= 4 is 0 Å². The molecular formula is C13H23N3O. The van der Waals surface area contributed by atoms with Crippen LogP contribution < -0.4 is 5.32 Å². The Kier molecular flexibility index (Phi) is 4.57. The van der Waals surface area contributed by atoms with E-state index in [9.17, 15) is 0 Å². The summed E-state index contributed by atoms with van der Waals surface area (Å²) >= 11 is 0. The molecule has 0 spiro atoms. The van der Waals surface area contributed by atoms with Crippen LogP contribution >= 0.6 is 0 Å². The third-order valence-electron chi connectivity index (χ3n) is 3.58. The van der Waals surface area contributed by atoms with Gasteiger partial charge in [-0.1, -0.05) is 6.92 Å². The minimum absolute atomic E-state index is 0.438. The molecule has 2 heterocycles. The van der Waals surface area contributed by atoms with Gasteiger partial charge in [0, 0.05) is 38.7 Å². The largest absolute Gasteiger partial charge is 0.381 e. The van der Waals surface area contributed by atoms with Gasteiger partial charge in [-0.3, -0.25) is 0 Å². The van der Waals surface area contributed by atoms with Crippen molar-refractivity contribution < 1.29 is 4.74 Å². The predicted octanol–water partition coefficient (Wildman–Crippen LogP) is 1.68. The maximum Gasteiger partial charge on any atom is 0.0945 e. The summed E-state index contributed by atoms with van der Waals surface area (Å²) < 4.78 is 7.53. The highest BCUT2D eigenvalue weighted by molar-refractivity contribution is 4.79. The van der Waals surface area contributed by atoms with Crippen molar-refractivity contribution in [2.45, 2.75) is 32.7 Å². The van der Waals surface area contributed by atoms with Crippen LogP contribution in [-0.2, 0) is 11.3 Å². The van der Waals surface area contributed by atoms with Gasteiger partial charge < -0.3 is 14.6 Å². The smallest absolute Gasteiger partial charge is 0.0945 e. The van der Waals surface area contributed by atoms with Crippen LogP contribution in [0.3, 0.4) is 0 Å². The molecule has 4 heteroatoms. The molecule has 0 radical (unpaired) electrons. The fourth-order valence-electron chi connectivity index (χ4n) is 2.24. The molecule has 0 bridgehead atoms. The van der Waals surface area contributed by atoms with Gasteiger partial charge in [-0.2, -0.15) is 0 Å². The van der Waals surface area contributed by atoms with E-state index in [1.807, 2.05) is 18.7 Å². The Morgan fingerprint density at radius 3 is 2.94 bits per heavy atom. The molecule has 2 rings (SSSR count). The van der Waals surface area contributed by atoms with Gasteiger partial charge in [-0.05, 0) is 31.2 Å². The van der Waals surface area contributed by atoms with E-state index in [1.54, 1.807) is 0 Å². The lowest BCUT2D eigenvalue weighted by Gasteiger charge is -2.33. The molecule has 1 aliphatic rings. The standard InChI is InChI=1S/C13H23N3O/c1-13(3-9-17-10-4-13)11-14-5-2-7-16-8-6-15-12-16/h6,8,12,14H,2-5,7,9-11H2,1H3. The molecule has 1 aliphatic heterocycles. The number of rotatable bonds is 6. The molecule has 0 aliphatic carbocycles. The average molecular weight is 237 g/mol. The van der Waals surface area contributed by atoms with Crippen molar-refractivity contribution in [3.8, 4) is 0 Å². The molecule has 1 fully saturated rings. The first-order valence-corrected chi connectivity index (χ1v) is 6.53. The first kappa shape index (κ1) is 12.6. The number of aryl methyl sites for hydroxylation is 1. The number of imidazole rings is 1. The molecule has 96 valence electrons. The van der Waals surface area contributed by atoms with Gasteiger partial charge in [-0.25, -0.2) is 4.98 Å². The Hall–Kier alpha value is -0.870. The van der Waals surface area contributed by atoms with Crippen LogP contribution in [0.1, 0.15) is 26.2 Å². The average Bonchev–Trinajstić information content (AvgIpc) is 2.82. The third kappa shape index (κ3) is 4.13. The molecule has 1 saturated heterocycles. The van der Waals surface area contributed by atoms with E-state index < -0.39 is 0 Å².